The SMILES string of the molecule is C=C(C)c1cc(N(C)C=O)n(CCC(C)NC(=O)c2ncn(Cc3ccccc3)n2)n1. The van der Waals surface area contributed by atoms with Gasteiger partial charge in [0.25, 0.3) is 5.91 Å². The molecule has 9 nitrogen and oxygen atoms in total. The fourth-order valence-electron chi connectivity index (χ4n) is 3.04. The zero-order chi connectivity index (χ0) is 22.4. The maximum absolute atomic E-state index is 12.5. The maximum atomic E-state index is 12.5. The van der Waals surface area contributed by atoms with Crippen LogP contribution < -0.4 is 10.2 Å². The van der Waals surface area contributed by atoms with Crippen LogP contribution in [0.25, 0.3) is 5.57 Å². The van der Waals surface area contributed by atoms with Crippen molar-refractivity contribution in [1.29, 1.82) is 0 Å². The Bertz CT molecular complexity index is 1060. The first-order valence-electron chi connectivity index (χ1n) is 10.0. The molecule has 2 heterocycles. The first kappa shape index (κ1) is 21.9. The van der Waals surface area contributed by atoms with Crippen LogP contribution in [0.4, 0.5) is 5.82 Å². The zero-order valence-electron chi connectivity index (χ0n) is 18.0. The highest BCUT2D eigenvalue weighted by molar-refractivity contribution is 5.90. The summed E-state index contributed by atoms with van der Waals surface area (Å²) < 4.78 is 3.38. The number of carbonyl (C=O) groups excluding carboxylic acids is 2. The van der Waals surface area contributed by atoms with Crippen molar-refractivity contribution >= 4 is 23.7 Å². The Balaban J connectivity index is 1.57. The lowest BCUT2D eigenvalue weighted by Gasteiger charge is -2.16. The van der Waals surface area contributed by atoms with Gasteiger partial charge in [0.05, 0.1) is 12.2 Å². The quantitative estimate of drug-likeness (QED) is 0.507. The second-order valence-electron chi connectivity index (χ2n) is 7.52. The van der Waals surface area contributed by atoms with Gasteiger partial charge in [0.1, 0.15) is 12.1 Å². The lowest BCUT2D eigenvalue weighted by atomic mass is 10.2. The molecule has 0 bridgehead atoms. The van der Waals surface area contributed by atoms with E-state index in [4.69, 9.17) is 0 Å². The topological polar surface area (TPSA) is 97.9 Å². The van der Waals surface area contributed by atoms with Crippen LogP contribution in [-0.4, -0.2) is 50.0 Å². The minimum absolute atomic E-state index is 0.132. The third-order valence-electron chi connectivity index (χ3n) is 4.79. The van der Waals surface area contributed by atoms with Crippen LogP contribution in [0, 0.1) is 0 Å². The third kappa shape index (κ3) is 5.65. The summed E-state index contributed by atoms with van der Waals surface area (Å²) in [6.07, 6.45) is 2.91. The molecule has 0 spiro atoms. The number of hydrogen-bond donors (Lipinski definition) is 1. The molecule has 162 valence electrons. The number of hydrogen-bond acceptors (Lipinski definition) is 5. The fraction of sp³-hybridized carbons (Fsp3) is 0.318. The second-order valence-corrected chi connectivity index (χ2v) is 7.52. The zero-order valence-corrected chi connectivity index (χ0v) is 18.0. The van der Waals surface area contributed by atoms with E-state index in [2.05, 4.69) is 27.1 Å². The molecule has 2 amide bonds. The number of carbonyl (C=O) groups is 2. The predicted molar refractivity (Wildman–Crippen MR) is 119 cm³/mol. The monoisotopic (exact) mass is 421 g/mol. The van der Waals surface area contributed by atoms with Crippen molar-refractivity contribution in [3.05, 3.63) is 66.4 Å². The van der Waals surface area contributed by atoms with Crippen molar-refractivity contribution in [2.45, 2.75) is 39.4 Å². The van der Waals surface area contributed by atoms with Crippen molar-refractivity contribution in [2.75, 3.05) is 11.9 Å². The number of aryl methyl sites for hydroxylation is 1. The Hall–Kier alpha value is -3.75. The van der Waals surface area contributed by atoms with Gasteiger partial charge in [-0.3, -0.25) is 9.59 Å². The van der Waals surface area contributed by atoms with Crippen molar-refractivity contribution in [1.82, 2.24) is 29.9 Å². The van der Waals surface area contributed by atoms with Crippen LogP contribution in [0.3, 0.4) is 0 Å². The number of benzene rings is 1. The Labute approximate surface area is 181 Å². The van der Waals surface area contributed by atoms with Crippen LogP contribution in [-0.2, 0) is 17.9 Å². The first-order chi connectivity index (χ1) is 14.9. The molecule has 0 aliphatic rings. The molecular weight excluding hydrogens is 394 g/mol. The number of allylic oxidation sites excluding steroid dienone is 1. The van der Waals surface area contributed by atoms with Crippen molar-refractivity contribution in [2.24, 2.45) is 0 Å². The minimum Gasteiger partial charge on any atom is -0.347 e. The number of amides is 2. The van der Waals surface area contributed by atoms with E-state index < -0.39 is 0 Å². The van der Waals surface area contributed by atoms with Gasteiger partial charge in [-0.2, -0.15) is 5.10 Å². The van der Waals surface area contributed by atoms with Crippen molar-refractivity contribution < 1.29 is 9.59 Å². The molecule has 0 radical (unpaired) electrons. The smallest absolute Gasteiger partial charge is 0.291 e. The summed E-state index contributed by atoms with van der Waals surface area (Å²) in [5.41, 5.74) is 2.63. The molecular formula is C22H27N7O2. The van der Waals surface area contributed by atoms with Gasteiger partial charge in [0.2, 0.25) is 12.2 Å². The van der Waals surface area contributed by atoms with Gasteiger partial charge in [0.15, 0.2) is 0 Å². The summed E-state index contributed by atoms with van der Waals surface area (Å²) in [4.78, 5) is 29.3. The van der Waals surface area contributed by atoms with Crippen LogP contribution in [0.15, 0.2) is 49.3 Å². The van der Waals surface area contributed by atoms with Gasteiger partial charge < -0.3 is 10.2 Å². The van der Waals surface area contributed by atoms with E-state index in [9.17, 15) is 9.59 Å². The lowest BCUT2D eigenvalue weighted by Crippen LogP contribution is -2.34. The van der Waals surface area contributed by atoms with Crippen LogP contribution >= 0.6 is 0 Å². The van der Waals surface area contributed by atoms with Gasteiger partial charge in [-0.15, -0.1) is 5.10 Å². The molecule has 1 N–H and O–H groups in total. The lowest BCUT2D eigenvalue weighted by molar-refractivity contribution is -0.107. The Morgan fingerprint density at radius 1 is 1.29 bits per heavy atom. The normalized spacial score (nSPS) is 11.7. The summed E-state index contributed by atoms with van der Waals surface area (Å²) in [6.45, 7) is 8.75. The molecule has 1 unspecified atom stereocenters. The number of aromatic nitrogens is 5. The van der Waals surface area contributed by atoms with E-state index in [0.717, 1.165) is 23.2 Å². The Kier molecular flexibility index (Phi) is 6.96. The first-order valence-corrected chi connectivity index (χ1v) is 10.0. The summed E-state index contributed by atoms with van der Waals surface area (Å²) >= 11 is 0. The molecule has 31 heavy (non-hydrogen) atoms. The molecule has 9 heteroatoms. The average molecular weight is 422 g/mol. The van der Waals surface area contributed by atoms with E-state index in [1.54, 1.807) is 22.7 Å². The summed E-state index contributed by atoms with van der Waals surface area (Å²) in [5.74, 6) is 0.480. The van der Waals surface area contributed by atoms with Crippen LogP contribution in [0.5, 0.6) is 0 Å². The molecule has 2 aromatic heterocycles. The Morgan fingerprint density at radius 2 is 2.03 bits per heavy atom. The fourth-order valence-corrected chi connectivity index (χ4v) is 3.04. The Morgan fingerprint density at radius 3 is 2.71 bits per heavy atom. The highest BCUT2D eigenvalue weighted by Gasteiger charge is 2.17. The largest absolute Gasteiger partial charge is 0.347 e. The standard InChI is InChI=1S/C22H27N7O2/c1-16(2)19-12-20(27(4)15-30)29(25-19)11-10-17(3)24-22(31)21-23-14-28(26-21)13-18-8-6-5-7-9-18/h5-9,12,14-15,17H,1,10-11,13H2,2-4H3,(H,24,31). The maximum Gasteiger partial charge on any atom is 0.291 e. The highest BCUT2D eigenvalue weighted by Crippen LogP contribution is 2.19. The predicted octanol–water partition coefficient (Wildman–Crippen LogP) is 2.36. The average Bonchev–Trinajstić information content (AvgIpc) is 3.40. The van der Waals surface area contributed by atoms with Crippen molar-refractivity contribution in [3.8, 4) is 0 Å². The molecule has 0 saturated carbocycles. The molecule has 1 atom stereocenters. The molecule has 0 aliphatic carbocycles. The van der Waals surface area contributed by atoms with Gasteiger partial charge in [0, 0.05) is 25.7 Å². The van der Waals surface area contributed by atoms with Gasteiger partial charge in [-0.05, 0) is 31.4 Å². The van der Waals surface area contributed by atoms with Gasteiger partial charge in [-0.25, -0.2) is 14.3 Å². The number of nitrogens with zero attached hydrogens (tertiary/aromatic N) is 6. The van der Waals surface area contributed by atoms with Crippen molar-refractivity contribution in [3.63, 3.8) is 0 Å². The molecule has 0 aliphatic heterocycles. The second kappa shape index (κ2) is 9.84. The van der Waals surface area contributed by atoms with Gasteiger partial charge in [-0.1, -0.05) is 36.9 Å². The molecule has 3 rings (SSSR count). The molecule has 1 aromatic carbocycles. The van der Waals surface area contributed by atoms with E-state index in [1.807, 2.05) is 50.2 Å². The number of nitrogens with one attached hydrogen (secondary N) is 1. The van der Waals surface area contributed by atoms with E-state index in [0.29, 0.717) is 25.3 Å². The summed E-state index contributed by atoms with van der Waals surface area (Å²) in [7, 11) is 1.67. The molecule has 0 saturated heterocycles. The van der Waals surface area contributed by atoms with E-state index >= 15 is 0 Å². The minimum atomic E-state index is -0.326. The third-order valence-corrected chi connectivity index (χ3v) is 4.79. The highest BCUT2D eigenvalue weighted by atomic mass is 16.2. The summed E-state index contributed by atoms with van der Waals surface area (Å²) in [5, 5.41) is 11.7. The van der Waals surface area contributed by atoms with E-state index in [1.165, 1.54) is 4.90 Å². The van der Waals surface area contributed by atoms with Crippen LogP contribution in [0.2, 0.25) is 0 Å². The van der Waals surface area contributed by atoms with Gasteiger partial charge >= 0.3 is 0 Å². The van der Waals surface area contributed by atoms with Crippen LogP contribution in [0.1, 0.15) is 42.1 Å². The molecule has 0 fully saturated rings. The molecule has 3 aromatic rings. The van der Waals surface area contributed by atoms with E-state index in [-0.39, 0.29) is 17.8 Å². The number of anilines is 1. The summed E-state index contributed by atoms with van der Waals surface area (Å²) in [6, 6.07) is 11.5. The number of rotatable bonds is 10.